The molecule has 0 amide bonds. The van der Waals surface area contributed by atoms with Crippen molar-refractivity contribution in [3.63, 3.8) is 0 Å². The lowest BCUT2D eigenvalue weighted by atomic mass is 9.99. The first-order valence-electron chi connectivity index (χ1n) is 7.41. The number of hydrogen-bond acceptors (Lipinski definition) is 4. The van der Waals surface area contributed by atoms with Crippen LogP contribution >= 0.6 is 0 Å². The molecular weight excluding hydrogens is 262 g/mol. The van der Waals surface area contributed by atoms with E-state index < -0.39 is 0 Å². The third-order valence-corrected chi connectivity index (χ3v) is 4.07. The fourth-order valence-electron chi connectivity index (χ4n) is 2.91. The molecule has 0 bridgehead atoms. The molecule has 2 heterocycles. The number of aryl methyl sites for hydroxylation is 2. The van der Waals surface area contributed by atoms with Gasteiger partial charge in [-0.2, -0.15) is 0 Å². The predicted molar refractivity (Wildman–Crippen MR) is 82.9 cm³/mol. The molecule has 21 heavy (non-hydrogen) atoms. The number of ether oxygens (including phenoxy) is 1. The van der Waals surface area contributed by atoms with Crippen LogP contribution < -0.4 is 10.1 Å². The lowest BCUT2D eigenvalue weighted by Crippen LogP contribution is -2.16. The van der Waals surface area contributed by atoms with Gasteiger partial charge in [0.05, 0.1) is 5.92 Å². The van der Waals surface area contributed by atoms with Crippen LogP contribution in [0.1, 0.15) is 34.3 Å². The lowest BCUT2D eigenvalue weighted by molar-refractivity contribution is 0.339. The van der Waals surface area contributed by atoms with Crippen molar-refractivity contribution in [2.24, 2.45) is 0 Å². The molecule has 0 spiro atoms. The number of aromatic nitrogens is 2. The zero-order chi connectivity index (χ0) is 14.8. The Balaban J connectivity index is 1.94. The second-order valence-electron chi connectivity index (χ2n) is 5.49. The second kappa shape index (κ2) is 5.82. The van der Waals surface area contributed by atoms with Crippen LogP contribution in [0.2, 0.25) is 0 Å². The van der Waals surface area contributed by atoms with Gasteiger partial charge in [-0.15, -0.1) is 0 Å². The summed E-state index contributed by atoms with van der Waals surface area (Å²) in [6, 6.07) is 8.16. The summed E-state index contributed by atoms with van der Waals surface area (Å²) in [4.78, 5) is 9.50. The molecule has 1 aromatic heterocycles. The van der Waals surface area contributed by atoms with E-state index in [9.17, 15) is 0 Å². The summed E-state index contributed by atoms with van der Waals surface area (Å²) in [5.41, 5.74) is 4.61. The van der Waals surface area contributed by atoms with E-state index in [1.165, 1.54) is 11.1 Å². The summed E-state index contributed by atoms with van der Waals surface area (Å²) < 4.78 is 5.75. The average Bonchev–Trinajstić information content (AvgIpc) is 2.90. The van der Waals surface area contributed by atoms with Gasteiger partial charge in [-0.1, -0.05) is 18.2 Å². The lowest BCUT2D eigenvalue weighted by Gasteiger charge is -2.14. The molecule has 0 fully saturated rings. The average molecular weight is 283 g/mol. The Morgan fingerprint density at radius 1 is 1.19 bits per heavy atom. The Hall–Kier alpha value is -1.94. The van der Waals surface area contributed by atoms with Crippen molar-refractivity contribution < 1.29 is 4.74 Å². The largest absolute Gasteiger partial charge is 0.492 e. The molecule has 4 nitrogen and oxygen atoms in total. The minimum atomic E-state index is 0.150. The Bertz CT molecular complexity index is 631. The van der Waals surface area contributed by atoms with Gasteiger partial charge in [0, 0.05) is 17.0 Å². The molecule has 1 atom stereocenters. The molecule has 0 radical (unpaired) electrons. The number of benzene rings is 1. The quantitative estimate of drug-likeness (QED) is 0.936. The van der Waals surface area contributed by atoms with E-state index in [0.29, 0.717) is 6.61 Å². The van der Waals surface area contributed by atoms with Gasteiger partial charge in [0.15, 0.2) is 0 Å². The Morgan fingerprint density at radius 3 is 2.62 bits per heavy atom. The predicted octanol–water partition coefficient (Wildman–Crippen LogP) is 2.38. The van der Waals surface area contributed by atoms with Crippen molar-refractivity contribution in [3.8, 4) is 5.75 Å². The molecule has 0 saturated heterocycles. The number of para-hydroxylation sites is 1. The third kappa shape index (κ3) is 2.63. The van der Waals surface area contributed by atoms with Crippen molar-refractivity contribution in [1.82, 2.24) is 15.3 Å². The molecule has 4 heteroatoms. The Labute approximate surface area is 125 Å². The minimum Gasteiger partial charge on any atom is -0.492 e. The van der Waals surface area contributed by atoms with E-state index in [-0.39, 0.29) is 5.92 Å². The molecule has 0 aliphatic carbocycles. The zero-order valence-corrected chi connectivity index (χ0v) is 12.8. The van der Waals surface area contributed by atoms with Crippen molar-refractivity contribution in [2.75, 3.05) is 20.2 Å². The van der Waals surface area contributed by atoms with Crippen molar-refractivity contribution in [2.45, 2.75) is 26.2 Å². The summed E-state index contributed by atoms with van der Waals surface area (Å²) >= 11 is 0. The van der Waals surface area contributed by atoms with Gasteiger partial charge >= 0.3 is 0 Å². The molecular formula is C17H21N3O. The Kier molecular flexibility index (Phi) is 3.88. The van der Waals surface area contributed by atoms with Gasteiger partial charge in [-0.3, -0.25) is 0 Å². The van der Waals surface area contributed by atoms with E-state index in [1.54, 1.807) is 0 Å². The molecule has 1 aliphatic rings. The van der Waals surface area contributed by atoms with Crippen LogP contribution in [0, 0.1) is 13.8 Å². The summed E-state index contributed by atoms with van der Waals surface area (Å²) in [5.74, 6) is 1.99. The van der Waals surface area contributed by atoms with Crippen LogP contribution in [0.3, 0.4) is 0 Å². The smallest absolute Gasteiger partial charge is 0.139 e. The van der Waals surface area contributed by atoms with Gasteiger partial charge in [0.2, 0.25) is 0 Å². The van der Waals surface area contributed by atoms with Gasteiger partial charge < -0.3 is 10.1 Å². The summed E-state index contributed by atoms with van der Waals surface area (Å²) in [6.07, 6.45) is 0.964. The number of rotatable bonds is 4. The fourth-order valence-corrected chi connectivity index (χ4v) is 2.91. The van der Waals surface area contributed by atoms with E-state index in [0.717, 1.165) is 35.9 Å². The molecule has 0 saturated carbocycles. The van der Waals surface area contributed by atoms with E-state index in [4.69, 9.17) is 14.7 Å². The van der Waals surface area contributed by atoms with Crippen LogP contribution in [0.5, 0.6) is 5.75 Å². The number of hydrogen-bond donors (Lipinski definition) is 1. The summed E-state index contributed by atoms with van der Waals surface area (Å²) in [6.45, 7) is 5.73. The van der Waals surface area contributed by atoms with Gasteiger partial charge in [-0.25, -0.2) is 9.97 Å². The maximum Gasteiger partial charge on any atom is 0.139 e. The van der Waals surface area contributed by atoms with Crippen LogP contribution in [0.4, 0.5) is 0 Å². The van der Waals surface area contributed by atoms with Gasteiger partial charge in [-0.05, 0) is 45.5 Å². The Morgan fingerprint density at radius 2 is 1.90 bits per heavy atom. The second-order valence-corrected chi connectivity index (χ2v) is 5.49. The fraction of sp³-hybridized carbons (Fsp3) is 0.412. The first-order chi connectivity index (χ1) is 10.2. The molecule has 3 rings (SSSR count). The molecule has 1 unspecified atom stereocenters. The number of fused-ring (bicyclic) bond motifs is 1. The van der Waals surface area contributed by atoms with Crippen LogP contribution in [0.15, 0.2) is 24.3 Å². The third-order valence-electron chi connectivity index (χ3n) is 4.07. The number of nitrogens with zero attached hydrogens (tertiary/aromatic N) is 2. The maximum absolute atomic E-state index is 5.75. The highest BCUT2D eigenvalue weighted by atomic mass is 16.5. The summed E-state index contributed by atoms with van der Waals surface area (Å²) in [7, 11) is 1.96. The molecule has 1 N–H and O–H groups in total. The number of likely N-dealkylation sites (N-methyl/N-ethyl adjacent to an activating group) is 1. The first kappa shape index (κ1) is 14.0. The highest BCUT2D eigenvalue weighted by molar-refractivity contribution is 5.43. The minimum absolute atomic E-state index is 0.150. The monoisotopic (exact) mass is 283 g/mol. The SMILES string of the molecule is CNCCc1c(C)nc(C2COc3ccccc32)nc1C. The highest BCUT2D eigenvalue weighted by Gasteiger charge is 2.28. The van der Waals surface area contributed by atoms with E-state index >= 15 is 0 Å². The highest BCUT2D eigenvalue weighted by Crippen LogP contribution is 2.36. The maximum atomic E-state index is 5.75. The zero-order valence-electron chi connectivity index (χ0n) is 12.8. The topological polar surface area (TPSA) is 47.0 Å². The van der Waals surface area contributed by atoms with Crippen LogP contribution in [-0.2, 0) is 6.42 Å². The van der Waals surface area contributed by atoms with Crippen LogP contribution in [0.25, 0.3) is 0 Å². The molecule has 1 aromatic carbocycles. The summed E-state index contributed by atoms with van der Waals surface area (Å²) in [5, 5.41) is 3.18. The number of nitrogens with one attached hydrogen (secondary N) is 1. The van der Waals surface area contributed by atoms with Crippen molar-refractivity contribution in [1.29, 1.82) is 0 Å². The van der Waals surface area contributed by atoms with Gasteiger partial charge in [0.1, 0.15) is 18.2 Å². The molecule has 110 valence electrons. The standard InChI is InChI=1S/C17H21N3O/c1-11-13(8-9-18-3)12(2)20-17(19-11)15-10-21-16-7-5-4-6-14(15)16/h4-7,15,18H,8-10H2,1-3H3. The normalized spacial score (nSPS) is 16.6. The first-order valence-corrected chi connectivity index (χ1v) is 7.41. The molecule has 1 aliphatic heterocycles. The van der Waals surface area contributed by atoms with Crippen molar-refractivity contribution in [3.05, 3.63) is 52.6 Å². The van der Waals surface area contributed by atoms with E-state index in [2.05, 4.69) is 25.2 Å². The van der Waals surface area contributed by atoms with Crippen molar-refractivity contribution >= 4 is 0 Å². The van der Waals surface area contributed by atoms with Crippen LogP contribution in [-0.4, -0.2) is 30.2 Å². The van der Waals surface area contributed by atoms with E-state index in [1.807, 2.05) is 25.2 Å². The van der Waals surface area contributed by atoms with Gasteiger partial charge in [0.25, 0.3) is 0 Å². The molecule has 2 aromatic rings.